The molecular weight excluding hydrogens is 256 g/mol. The third-order valence-electron chi connectivity index (χ3n) is 3.54. The lowest BCUT2D eigenvalue weighted by atomic mass is 9.77. The summed E-state index contributed by atoms with van der Waals surface area (Å²) >= 11 is 0. The lowest BCUT2D eigenvalue weighted by molar-refractivity contribution is 0.0693. The van der Waals surface area contributed by atoms with E-state index >= 15 is 0 Å². The molecule has 2 rings (SSSR count). The second-order valence-electron chi connectivity index (χ2n) is 5.21. The molecule has 0 aromatic heterocycles. The van der Waals surface area contributed by atoms with Gasteiger partial charge in [0.05, 0.1) is 0 Å². The van der Waals surface area contributed by atoms with Crippen LogP contribution < -0.4 is 0 Å². The summed E-state index contributed by atoms with van der Waals surface area (Å²) in [5.41, 5.74) is 1.16. The zero-order valence-corrected chi connectivity index (χ0v) is 11.3. The van der Waals surface area contributed by atoms with Crippen LogP contribution in [-0.4, -0.2) is 21.3 Å². The third kappa shape index (κ3) is 2.45. The Balaban J connectivity index is 2.51. The molecule has 20 heavy (non-hydrogen) atoms. The molecule has 0 aliphatic carbocycles. The smallest absolute Gasteiger partial charge is 0.339 e. The van der Waals surface area contributed by atoms with Crippen LogP contribution in [0.15, 0.2) is 42.5 Å². The zero-order chi connectivity index (χ0) is 14.9. The van der Waals surface area contributed by atoms with Gasteiger partial charge in [0.15, 0.2) is 0 Å². The minimum atomic E-state index is -1.16. The molecule has 2 aromatic rings. The van der Waals surface area contributed by atoms with Gasteiger partial charge < -0.3 is 15.3 Å². The largest absolute Gasteiger partial charge is 0.508 e. The number of benzene rings is 2. The van der Waals surface area contributed by atoms with Gasteiger partial charge in [0.25, 0.3) is 0 Å². The Labute approximate surface area is 116 Å². The van der Waals surface area contributed by atoms with Crippen molar-refractivity contribution in [3.05, 3.63) is 59.2 Å². The molecule has 0 saturated heterocycles. The fraction of sp³-hybridized carbons (Fsp3) is 0.188. The van der Waals surface area contributed by atoms with Crippen molar-refractivity contribution in [3.8, 4) is 11.5 Å². The van der Waals surface area contributed by atoms with E-state index in [0.717, 1.165) is 11.1 Å². The molecule has 0 heterocycles. The van der Waals surface area contributed by atoms with Crippen LogP contribution in [0.2, 0.25) is 0 Å². The van der Waals surface area contributed by atoms with Gasteiger partial charge in [-0.05, 0) is 35.4 Å². The van der Waals surface area contributed by atoms with E-state index in [1.807, 2.05) is 13.8 Å². The second kappa shape index (κ2) is 4.89. The molecule has 4 nitrogen and oxygen atoms in total. The number of hydrogen-bond donors (Lipinski definition) is 3. The van der Waals surface area contributed by atoms with Gasteiger partial charge in [0.1, 0.15) is 17.1 Å². The van der Waals surface area contributed by atoms with Gasteiger partial charge in [-0.15, -0.1) is 0 Å². The van der Waals surface area contributed by atoms with E-state index < -0.39 is 11.4 Å². The molecule has 0 spiro atoms. The molecular formula is C16H16O4. The molecule has 104 valence electrons. The van der Waals surface area contributed by atoms with Crippen LogP contribution in [0.5, 0.6) is 11.5 Å². The summed E-state index contributed by atoms with van der Waals surface area (Å²) in [4.78, 5) is 11.1. The molecule has 0 amide bonds. The Kier molecular flexibility index (Phi) is 3.40. The van der Waals surface area contributed by atoms with E-state index in [9.17, 15) is 15.0 Å². The maximum absolute atomic E-state index is 11.1. The number of carboxylic acids is 1. The first kappa shape index (κ1) is 13.9. The van der Waals surface area contributed by atoms with Gasteiger partial charge in [-0.25, -0.2) is 4.79 Å². The number of rotatable bonds is 3. The summed E-state index contributed by atoms with van der Waals surface area (Å²) in [5.74, 6) is -1.23. The SMILES string of the molecule is CC(C)(c1ccc(O)cc1)c1ccc(O)c(C(=O)O)c1. The highest BCUT2D eigenvalue weighted by Gasteiger charge is 2.25. The van der Waals surface area contributed by atoms with E-state index in [0.29, 0.717) is 0 Å². The van der Waals surface area contributed by atoms with Gasteiger partial charge >= 0.3 is 5.97 Å². The molecule has 0 atom stereocenters. The lowest BCUT2D eigenvalue weighted by Crippen LogP contribution is -2.19. The fourth-order valence-electron chi connectivity index (χ4n) is 2.14. The quantitative estimate of drug-likeness (QED) is 0.802. The number of phenols is 2. The van der Waals surface area contributed by atoms with Gasteiger partial charge in [-0.3, -0.25) is 0 Å². The minimum absolute atomic E-state index is 0.116. The first-order valence-electron chi connectivity index (χ1n) is 6.18. The van der Waals surface area contributed by atoms with Crippen LogP contribution in [0.4, 0.5) is 0 Å². The van der Waals surface area contributed by atoms with Gasteiger partial charge in [-0.2, -0.15) is 0 Å². The Bertz CT molecular complexity index is 642. The van der Waals surface area contributed by atoms with Crippen LogP contribution in [0.3, 0.4) is 0 Å². The molecule has 2 aromatic carbocycles. The first-order chi connectivity index (χ1) is 9.32. The highest BCUT2D eigenvalue weighted by molar-refractivity contribution is 5.91. The number of aromatic carboxylic acids is 1. The molecule has 0 bridgehead atoms. The van der Waals surface area contributed by atoms with E-state index in [1.165, 1.54) is 12.1 Å². The number of carbonyl (C=O) groups is 1. The van der Waals surface area contributed by atoms with Crippen molar-refractivity contribution in [3.63, 3.8) is 0 Å². The van der Waals surface area contributed by atoms with Crippen molar-refractivity contribution in [2.45, 2.75) is 19.3 Å². The summed E-state index contributed by atoms with van der Waals surface area (Å²) in [7, 11) is 0. The number of carboxylic acid groups (broad SMARTS) is 1. The van der Waals surface area contributed by atoms with Crippen LogP contribution >= 0.6 is 0 Å². The predicted octanol–water partition coefficient (Wildman–Crippen LogP) is 3.12. The number of hydrogen-bond acceptors (Lipinski definition) is 3. The molecule has 4 heteroatoms. The standard InChI is InChI=1S/C16H16O4/c1-16(2,10-3-6-12(17)7-4-10)11-5-8-14(18)13(9-11)15(19)20/h3-9,17-18H,1-2H3,(H,19,20). The lowest BCUT2D eigenvalue weighted by Gasteiger charge is -2.26. The Hall–Kier alpha value is -2.49. The van der Waals surface area contributed by atoms with Crippen LogP contribution in [0.1, 0.15) is 35.3 Å². The van der Waals surface area contributed by atoms with Crippen molar-refractivity contribution in [1.29, 1.82) is 0 Å². The summed E-state index contributed by atoms with van der Waals surface area (Å²) in [5, 5.41) is 28.0. The van der Waals surface area contributed by atoms with E-state index in [2.05, 4.69) is 0 Å². The maximum atomic E-state index is 11.1. The fourth-order valence-corrected chi connectivity index (χ4v) is 2.14. The van der Waals surface area contributed by atoms with Gasteiger partial charge in [0, 0.05) is 5.41 Å². The summed E-state index contributed by atoms with van der Waals surface area (Å²) < 4.78 is 0. The highest BCUT2D eigenvalue weighted by Crippen LogP contribution is 2.34. The average molecular weight is 272 g/mol. The average Bonchev–Trinajstić information content (AvgIpc) is 2.39. The predicted molar refractivity (Wildman–Crippen MR) is 75.3 cm³/mol. The van der Waals surface area contributed by atoms with Crippen molar-refractivity contribution in [2.24, 2.45) is 0 Å². The summed E-state index contributed by atoms with van der Waals surface area (Å²) in [6.45, 7) is 3.91. The molecule has 0 radical (unpaired) electrons. The Morgan fingerprint density at radius 2 is 1.50 bits per heavy atom. The Morgan fingerprint density at radius 1 is 0.950 bits per heavy atom. The maximum Gasteiger partial charge on any atom is 0.339 e. The highest BCUT2D eigenvalue weighted by atomic mass is 16.4. The van der Waals surface area contributed by atoms with Crippen molar-refractivity contribution >= 4 is 5.97 Å². The van der Waals surface area contributed by atoms with E-state index in [1.54, 1.807) is 30.3 Å². The molecule has 0 unspecified atom stereocenters. The first-order valence-corrected chi connectivity index (χ1v) is 6.18. The van der Waals surface area contributed by atoms with Crippen LogP contribution in [0, 0.1) is 0 Å². The van der Waals surface area contributed by atoms with Gasteiger partial charge in [-0.1, -0.05) is 32.0 Å². The number of aromatic hydroxyl groups is 2. The van der Waals surface area contributed by atoms with Crippen LogP contribution in [-0.2, 0) is 5.41 Å². The zero-order valence-electron chi connectivity index (χ0n) is 11.3. The van der Waals surface area contributed by atoms with E-state index in [-0.39, 0.29) is 17.1 Å². The monoisotopic (exact) mass is 272 g/mol. The van der Waals surface area contributed by atoms with Crippen molar-refractivity contribution < 1.29 is 20.1 Å². The molecule has 0 saturated carbocycles. The summed E-state index contributed by atoms with van der Waals surface area (Å²) in [6.07, 6.45) is 0. The minimum Gasteiger partial charge on any atom is -0.508 e. The second-order valence-corrected chi connectivity index (χ2v) is 5.21. The normalized spacial score (nSPS) is 11.3. The van der Waals surface area contributed by atoms with Crippen LogP contribution in [0.25, 0.3) is 0 Å². The number of phenolic OH excluding ortho intramolecular Hbond substituents is 1. The Morgan fingerprint density at radius 3 is 2.05 bits per heavy atom. The van der Waals surface area contributed by atoms with Crippen molar-refractivity contribution in [2.75, 3.05) is 0 Å². The molecule has 0 aliphatic heterocycles. The van der Waals surface area contributed by atoms with Crippen molar-refractivity contribution in [1.82, 2.24) is 0 Å². The molecule has 0 fully saturated rings. The molecule has 3 N–H and O–H groups in total. The topological polar surface area (TPSA) is 77.8 Å². The third-order valence-corrected chi connectivity index (χ3v) is 3.54. The van der Waals surface area contributed by atoms with E-state index in [4.69, 9.17) is 5.11 Å². The summed E-state index contributed by atoms with van der Waals surface area (Å²) in [6, 6.07) is 11.3. The van der Waals surface area contributed by atoms with Gasteiger partial charge in [0.2, 0.25) is 0 Å². The molecule has 0 aliphatic rings.